The van der Waals surface area contributed by atoms with Crippen molar-refractivity contribution in [3.8, 4) is 5.75 Å². The van der Waals surface area contributed by atoms with E-state index in [-0.39, 0.29) is 30.1 Å². The lowest BCUT2D eigenvalue weighted by atomic mass is 9.46. The fourth-order valence-electron chi connectivity index (χ4n) is 9.46. The van der Waals surface area contributed by atoms with Crippen molar-refractivity contribution in [2.24, 2.45) is 28.6 Å². The van der Waals surface area contributed by atoms with Gasteiger partial charge in [0.1, 0.15) is 19.0 Å². The Morgan fingerprint density at radius 1 is 1.20 bits per heavy atom. The number of hydrogen-bond acceptors (Lipinski definition) is 8. The number of allylic oxidation sites excluding steroid dienone is 4. The number of rotatable bonds is 6. The van der Waals surface area contributed by atoms with Gasteiger partial charge in [0.2, 0.25) is 0 Å². The van der Waals surface area contributed by atoms with Gasteiger partial charge >= 0.3 is 0 Å². The molecule has 1 aliphatic heterocycles. The largest absolute Gasteiger partial charge is 0.487 e. The van der Waals surface area contributed by atoms with Gasteiger partial charge in [0.05, 0.1) is 17.2 Å². The van der Waals surface area contributed by atoms with Crippen LogP contribution in [0.15, 0.2) is 66.3 Å². The highest BCUT2D eigenvalue weighted by atomic mass is 35.5. The molecule has 4 aliphatic carbocycles. The van der Waals surface area contributed by atoms with Crippen molar-refractivity contribution in [1.29, 1.82) is 0 Å². The molecule has 5 aliphatic rings. The molecule has 2 unspecified atom stereocenters. The molecular weight excluding hydrogens is 582 g/mol. The van der Waals surface area contributed by atoms with Gasteiger partial charge in [-0.1, -0.05) is 55.3 Å². The van der Waals surface area contributed by atoms with Gasteiger partial charge in [0.15, 0.2) is 23.5 Å². The number of aliphatic hydroxyl groups is 2. The zero-order chi connectivity index (χ0) is 31.0. The van der Waals surface area contributed by atoms with E-state index < -0.39 is 47.3 Å². The molecule has 0 radical (unpaired) electrons. The number of ether oxygens (including phenoxy) is 3. The molecule has 4 fully saturated rings. The monoisotopic (exact) mass is 619 g/mol. The minimum Gasteiger partial charge on any atom is -0.487 e. The fourth-order valence-corrected chi connectivity index (χ4v) is 9.63. The summed E-state index contributed by atoms with van der Waals surface area (Å²) < 4.78 is 19.3. The highest BCUT2D eigenvalue weighted by Crippen LogP contribution is 2.70. The summed E-state index contributed by atoms with van der Waals surface area (Å²) in [4.78, 5) is 26.0. The van der Waals surface area contributed by atoms with Gasteiger partial charge in [-0.15, -0.1) is 0 Å². The SMILES string of the molecule is C[C@]12C=CC(=O)C=C1CC[C@@H]1C2[C@@H](O)C[C@@]2(C)C1C[C@H]1O[C@H](c3ccc(Cl)c(OCc4cccc(N)c4)c3)O[C@]12C(=O)CO. The van der Waals surface area contributed by atoms with Gasteiger partial charge in [-0.2, -0.15) is 0 Å². The van der Waals surface area contributed by atoms with E-state index >= 15 is 0 Å². The summed E-state index contributed by atoms with van der Waals surface area (Å²) in [6.45, 7) is 3.70. The van der Waals surface area contributed by atoms with E-state index in [0.717, 1.165) is 24.0 Å². The predicted octanol–water partition coefficient (Wildman–Crippen LogP) is 5.10. The molecule has 9 heteroatoms. The molecule has 2 aromatic carbocycles. The second-order valence-corrected chi connectivity index (χ2v) is 14.0. The van der Waals surface area contributed by atoms with E-state index in [1.807, 2.05) is 31.2 Å². The molecule has 0 aromatic heterocycles. The minimum atomic E-state index is -1.43. The lowest BCUT2D eigenvalue weighted by molar-refractivity contribution is -0.201. The normalized spacial score (nSPS) is 38.8. The minimum absolute atomic E-state index is 0.0117. The number of nitrogens with two attached hydrogens (primary N) is 1. The number of carbonyl (C=O) groups excluding carboxylic acids is 2. The van der Waals surface area contributed by atoms with Gasteiger partial charge in [-0.3, -0.25) is 9.59 Å². The molecule has 232 valence electrons. The average molecular weight is 620 g/mol. The van der Waals surface area contributed by atoms with E-state index in [0.29, 0.717) is 34.9 Å². The maximum absolute atomic E-state index is 13.8. The summed E-state index contributed by atoms with van der Waals surface area (Å²) in [6, 6.07) is 12.7. The summed E-state index contributed by atoms with van der Waals surface area (Å²) in [5, 5.41) is 22.5. The first-order valence-corrected chi connectivity index (χ1v) is 15.7. The van der Waals surface area contributed by atoms with Crippen molar-refractivity contribution in [3.05, 3.63) is 82.4 Å². The number of halogens is 1. The van der Waals surface area contributed by atoms with Crippen molar-refractivity contribution in [2.45, 2.75) is 70.2 Å². The molecule has 4 N–H and O–H groups in total. The molecule has 7 rings (SSSR count). The van der Waals surface area contributed by atoms with Crippen molar-refractivity contribution in [3.63, 3.8) is 0 Å². The first-order valence-electron chi connectivity index (χ1n) is 15.4. The van der Waals surface area contributed by atoms with E-state index in [4.69, 9.17) is 31.5 Å². The Hall–Kier alpha value is -3.01. The van der Waals surface area contributed by atoms with Crippen LogP contribution in [0.3, 0.4) is 0 Å². The smallest absolute Gasteiger partial charge is 0.193 e. The van der Waals surface area contributed by atoms with Crippen LogP contribution in [0.5, 0.6) is 5.75 Å². The molecular formula is C35H38ClNO7. The van der Waals surface area contributed by atoms with Crippen LogP contribution < -0.4 is 10.5 Å². The van der Waals surface area contributed by atoms with Crippen molar-refractivity contribution < 1.29 is 34.0 Å². The lowest BCUT2D eigenvalue weighted by Crippen LogP contribution is -2.63. The maximum atomic E-state index is 13.8. The Labute approximate surface area is 261 Å². The number of ketones is 2. The maximum Gasteiger partial charge on any atom is 0.193 e. The third-order valence-electron chi connectivity index (χ3n) is 11.4. The molecule has 44 heavy (non-hydrogen) atoms. The standard InChI is InChI=1S/C35H38ClNO7/c1-33-11-10-23(39)14-21(33)7-8-24-25-15-30-35(29(41)17-38,34(25,2)16-27(40)31(24)33)44-32(43-30)20-6-9-26(36)28(13-20)42-18-19-4-3-5-22(37)12-19/h3-6,9-14,24-25,27,30-32,38,40H,7-8,15-18,37H2,1-2H3/t24-,25?,27-,30+,31?,32-,33-,34-,35+/m0/s1. The first kappa shape index (κ1) is 29.7. The summed E-state index contributed by atoms with van der Waals surface area (Å²) in [7, 11) is 0. The van der Waals surface area contributed by atoms with Crippen LogP contribution in [-0.4, -0.2) is 46.2 Å². The Morgan fingerprint density at radius 3 is 2.80 bits per heavy atom. The van der Waals surface area contributed by atoms with Crippen LogP contribution in [0.2, 0.25) is 5.02 Å². The number of hydrogen-bond donors (Lipinski definition) is 3. The Balaban J connectivity index is 1.19. The summed E-state index contributed by atoms with van der Waals surface area (Å²) >= 11 is 6.48. The van der Waals surface area contributed by atoms with Crippen molar-refractivity contribution >= 4 is 28.9 Å². The van der Waals surface area contributed by atoms with Gasteiger partial charge in [-0.25, -0.2) is 0 Å². The number of nitrogen functional groups attached to an aromatic ring is 1. The molecule has 0 spiro atoms. The molecule has 0 bridgehead atoms. The molecule has 1 saturated heterocycles. The van der Waals surface area contributed by atoms with Crippen LogP contribution in [0, 0.1) is 28.6 Å². The van der Waals surface area contributed by atoms with E-state index in [1.165, 1.54) is 0 Å². The summed E-state index contributed by atoms with van der Waals surface area (Å²) in [5.41, 5.74) is 6.50. The predicted molar refractivity (Wildman–Crippen MR) is 164 cm³/mol. The number of anilines is 1. The van der Waals surface area contributed by atoms with Gasteiger partial charge in [0, 0.05) is 28.0 Å². The third-order valence-corrected chi connectivity index (χ3v) is 11.7. The van der Waals surface area contributed by atoms with Gasteiger partial charge < -0.3 is 30.2 Å². The fraction of sp³-hybridized carbons (Fsp3) is 0.486. The second kappa shape index (κ2) is 10.5. The van der Waals surface area contributed by atoms with Crippen LogP contribution in [0.1, 0.15) is 56.9 Å². The van der Waals surface area contributed by atoms with Crippen LogP contribution >= 0.6 is 11.6 Å². The lowest BCUT2D eigenvalue weighted by Gasteiger charge is -2.59. The molecule has 3 saturated carbocycles. The van der Waals surface area contributed by atoms with E-state index in [1.54, 1.807) is 36.4 Å². The summed E-state index contributed by atoms with van der Waals surface area (Å²) in [5.74, 6) is 0.00410. The Kier molecular flexibility index (Phi) is 7.10. The van der Waals surface area contributed by atoms with Gasteiger partial charge in [0.25, 0.3) is 0 Å². The number of carbonyl (C=O) groups is 2. The summed E-state index contributed by atoms with van der Waals surface area (Å²) in [6.07, 6.45) is 5.52. The van der Waals surface area contributed by atoms with Crippen molar-refractivity contribution in [1.82, 2.24) is 0 Å². The molecule has 2 aromatic rings. The van der Waals surface area contributed by atoms with Crippen LogP contribution in [0.25, 0.3) is 0 Å². The Bertz CT molecular complexity index is 1590. The molecule has 9 atom stereocenters. The van der Waals surface area contributed by atoms with E-state index in [2.05, 4.69) is 6.92 Å². The Morgan fingerprint density at radius 2 is 2.02 bits per heavy atom. The first-order chi connectivity index (χ1) is 21.0. The number of benzene rings is 2. The molecule has 8 nitrogen and oxygen atoms in total. The van der Waals surface area contributed by atoms with Crippen LogP contribution in [-0.2, 0) is 25.7 Å². The van der Waals surface area contributed by atoms with E-state index in [9.17, 15) is 19.8 Å². The van der Waals surface area contributed by atoms with Crippen molar-refractivity contribution in [2.75, 3.05) is 12.3 Å². The molecule has 1 heterocycles. The van der Waals surface area contributed by atoms with Crippen LogP contribution in [0.4, 0.5) is 5.69 Å². The number of Topliss-reactive ketones (excluding diaryl/α,β-unsaturated/α-hetero) is 1. The highest BCUT2D eigenvalue weighted by molar-refractivity contribution is 6.32. The topological polar surface area (TPSA) is 128 Å². The number of fused-ring (bicyclic) bond motifs is 7. The highest BCUT2D eigenvalue weighted by Gasteiger charge is 2.75. The second-order valence-electron chi connectivity index (χ2n) is 13.6. The quantitative estimate of drug-likeness (QED) is 0.381. The average Bonchev–Trinajstić information content (AvgIpc) is 3.49. The van der Waals surface area contributed by atoms with Gasteiger partial charge in [-0.05, 0) is 79.5 Å². The molecule has 0 amide bonds. The third kappa shape index (κ3) is 4.26. The zero-order valence-electron chi connectivity index (χ0n) is 24.9. The zero-order valence-corrected chi connectivity index (χ0v) is 25.6. The number of aliphatic hydroxyl groups excluding tert-OH is 2.